The van der Waals surface area contributed by atoms with Crippen LogP contribution in [0, 0.1) is 18.8 Å². The van der Waals surface area contributed by atoms with Crippen LogP contribution in [0.1, 0.15) is 25.8 Å². The number of benzene rings is 1. The van der Waals surface area contributed by atoms with Gasteiger partial charge in [0, 0.05) is 11.6 Å². The predicted octanol–water partition coefficient (Wildman–Crippen LogP) is 3.86. The minimum Gasteiger partial charge on any atom is -0.330 e. The van der Waals surface area contributed by atoms with Crippen LogP contribution in [0.2, 0.25) is 10.0 Å². The van der Waals surface area contributed by atoms with Gasteiger partial charge in [-0.1, -0.05) is 37.0 Å². The van der Waals surface area contributed by atoms with Crippen LogP contribution in [0.25, 0.3) is 0 Å². The highest BCUT2D eigenvalue weighted by molar-refractivity contribution is 6.36. The van der Waals surface area contributed by atoms with Gasteiger partial charge in [0.1, 0.15) is 0 Å². The number of carbonyl (C=O) groups is 1. The lowest BCUT2D eigenvalue weighted by atomic mass is 9.96. The fraction of sp³-hybridized carbons (Fsp3) is 0.500. The number of rotatable bonds is 5. The maximum atomic E-state index is 12.1. The van der Waals surface area contributed by atoms with E-state index in [1.165, 1.54) is 0 Å². The molecule has 5 heteroatoms. The van der Waals surface area contributed by atoms with Crippen molar-refractivity contribution in [1.29, 1.82) is 0 Å². The van der Waals surface area contributed by atoms with Gasteiger partial charge < -0.3 is 11.1 Å². The van der Waals surface area contributed by atoms with E-state index in [0.29, 0.717) is 28.2 Å². The molecule has 0 heterocycles. The van der Waals surface area contributed by atoms with Crippen molar-refractivity contribution in [3.63, 3.8) is 0 Å². The molecule has 0 spiro atoms. The second-order valence-corrected chi connectivity index (χ2v) is 5.95. The van der Waals surface area contributed by atoms with E-state index in [4.69, 9.17) is 28.9 Å². The first-order valence-electron chi connectivity index (χ1n) is 6.31. The van der Waals surface area contributed by atoms with Crippen LogP contribution in [0.4, 0.5) is 5.69 Å². The molecule has 1 atom stereocenters. The number of hydrogen-bond donors (Lipinski definition) is 2. The zero-order chi connectivity index (χ0) is 14.6. The van der Waals surface area contributed by atoms with Crippen molar-refractivity contribution in [1.82, 2.24) is 0 Å². The number of amides is 1. The summed E-state index contributed by atoms with van der Waals surface area (Å²) in [7, 11) is 0. The zero-order valence-corrected chi connectivity index (χ0v) is 13.0. The van der Waals surface area contributed by atoms with Gasteiger partial charge in [0.15, 0.2) is 0 Å². The monoisotopic (exact) mass is 302 g/mol. The standard InChI is InChI=1S/C14H20Cl2N2O/c1-8(2)4-10(7-17)14(19)18-13-6-11(15)9(3)5-12(13)16/h5-6,8,10H,4,7,17H2,1-3H3,(H,18,19). The van der Waals surface area contributed by atoms with E-state index in [1.807, 2.05) is 6.92 Å². The molecule has 106 valence electrons. The Bertz CT molecular complexity index is 461. The Morgan fingerprint density at radius 1 is 1.32 bits per heavy atom. The maximum absolute atomic E-state index is 12.1. The van der Waals surface area contributed by atoms with Gasteiger partial charge in [-0.15, -0.1) is 0 Å². The maximum Gasteiger partial charge on any atom is 0.228 e. The second-order valence-electron chi connectivity index (χ2n) is 5.13. The quantitative estimate of drug-likeness (QED) is 0.867. The molecular formula is C14H20Cl2N2O. The number of carbonyl (C=O) groups excluding carboxylic acids is 1. The molecule has 3 nitrogen and oxygen atoms in total. The minimum atomic E-state index is -0.212. The molecule has 3 N–H and O–H groups in total. The smallest absolute Gasteiger partial charge is 0.228 e. The molecule has 0 saturated heterocycles. The Morgan fingerprint density at radius 2 is 1.95 bits per heavy atom. The van der Waals surface area contributed by atoms with Crippen LogP contribution in [0.3, 0.4) is 0 Å². The number of anilines is 1. The summed E-state index contributed by atoms with van der Waals surface area (Å²) in [5, 5.41) is 3.86. The molecule has 1 aromatic carbocycles. The average Bonchev–Trinajstić information content (AvgIpc) is 2.32. The molecule has 0 bridgehead atoms. The third kappa shape index (κ3) is 4.68. The van der Waals surface area contributed by atoms with E-state index < -0.39 is 0 Å². The Balaban J connectivity index is 2.84. The average molecular weight is 303 g/mol. The first kappa shape index (κ1) is 16.3. The second kappa shape index (κ2) is 7.13. The summed E-state index contributed by atoms with van der Waals surface area (Å²) in [6.07, 6.45) is 0.750. The number of nitrogens with two attached hydrogens (primary N) is 1. The van der Waals surface area contributed by atoms with E-state index in [-0.39, 0.29) is 11.8 Å². The highest BCUT2D eigenvalue weighted by Gasteiger charge is 2.19. The first-order chi connectivity index (χ1) is 8.85. The van der Waals surface area contributed by atoms with Gasteiger partial charge in [0.2, 0.25) is 5.91 Å². The van der Waals surface area contributed by atoms with Crippen molar-refractivity contribution < 1.29 is 4.79 Å². The summed E-state index contributed by atoms with van der Waals surface area (Å²) in [4.78, 5) is 12.1. The van der Waals surface area contributed by atoms with Crippen molar-refractivity contribution in [3.05, 3.63) is 27.7 Å². The Morgan fingerprint density at radius 3 is 2.47 bits per heavy atom. The highest BCUT2D eigenvalue weighted by Crippen LogP contribution is 2.29. The Labute approximate surface area is 124 Å². The normalized spacial score (nSPS) is 12.6. The SMILES string of the molecule is Cc1cc(Cl)c(NC(=O)C(CN)CC(C)C)cc1Cl. The molecule has 0 fully saturated rings. The van der Waals surface area contributed by atoms with E-state index in [1.54, 1.807) is 12.1 Å². The van der Waals surface area contributed by atoms with Gasteiger partial charge in [-0.2, -0.15) is 0 Å². The molecule has 1 unspecified atom stereocenters. The van der Waals surface area contributed by atoms with Crippen molar-refractivity contribution in [2.45, 2.75) is 27.2 Å². The van der Waals surface area contributed by atoms with E-state index in [2.05, 4.69) is 19.2 Å². The molecule has 0 aliphatic rings. The highest BCUT2D eigenvalue weighted by atomic mass is 35.5. The molecule has 19 heavy (non-hydrogen) atoms. The summed E-state index contributed by atoms with van der Waals surface area (Å²) in [6.45, 7) is 6.31. The summed E-state index contributed by atoms with van der Waals surface area (Å²) >= 11 is 12.1. The van der Waals surface area contributed by atoms with Gasteiger partial charge in [-0.25, -0.2) is 0 Å². The third-order valence-corrected chi connectivity index (χ3v) is 3.64. The van der Waals surface area contributed by atoms with Crippen molar-refractivity contribution in [2.24, 2.45) is 17.6 Å². The Hall–Kier alpha value is -0.770. The molecule has 0 aliphatic carbocycles. The van der Waals surface area contributed by atoms with Crippen molar-refractivity contribution >= 4 is 34.8 Å². The first-order valence-corrected chi connectivity index (χ1v) is 7.07. The number of hydrogen-bond acceptors (Lipinski definition) is 2. The zero-order valence-electron chi connectivity index (χ0n) is 11.5. The largest absolute Gasteiger partial charge is 0.330 e. The molecule has 1 amide bonds. The topological polar surface area (TPSA) is 55.1 Å². The van der Waals surface area contributed by atoms with Crippen LogP contribution >= 0.6 is 23.2 Å². The molecule has 0 aliphatic heterocycles. The molecule has 0 saturated carbocycles. The van der Waals surface area contributed by atoms with Crippen LogP contribution in [0.15, 0.2) is 12.1 Å². The van der Waals surface area contributed by atoms with E-state index in [9.17, 15) is 4.79 Å². The number of nitrogens with one attached hydrogen (secondary N) is 1. The van der Waals surface area contributed by atoms with Gasteiger partial charge >= 0.3 is 0 Å². The number of aryl methyl sites for hydroxylation is 1. The molecule has 1 aromatic rings. The summed E-state index contributed by atoms with van der Waals surface area (Å²) < 4.78 is 0. The van der Waals surface area contributed by atoms with Crippen LogP contribution in [0.5, 0.6) is 0 Å². The van der Waals surface area contributed by atoms with E-state index in [0.717, 1.165) is 12.0 Å². The summed E-state index contributed by atoms with van der Waals surface area (Å²) in [6, 6.07) is 3.40. The van der Waals surface area contributed by atoms with Gasteiger partial charge in [0.05, 0.1) is 16.6 Å². The third-order valence-electron chi connectivity index (χ3n) is 2.92. The van der Waals surface area contributed by atoms with E-state index >= 15 is 0 Å². The fourth-order valence-corrected chi connectivity index (χ4v) is 2.29. The van der Waals surface area contributed by atoms with Gasteiger partial charge in [-0.3, -0.25) is 4.79 Å². The number of halogens is 2. The van der Waals surface area contributed by atoms with Gasteiger partial charge in [-0.05, 0) is 37.0 Å². The summed E-state index contributed by atoms with van der Waals surface area (Å²) in [5.74, 6) is 0.0885. The van der Waals surface area contributed by atoms with Crippen molar-refractivity contribution in [3.8, 4) is 0 Å². The van der Waals surface area contributed by atoms with Crippen LogP contribution in [-0.4, -0.2) is 12.5 Å². The molecule has 0 aromatic heterocycles. The van der Waals surface area contributed by atoms with Gasteiger partial charge in [0.25, 0.3) is 0 Å². The summed E-state index contributed by atoms with van der Waals surface area (Å²) in [5.41, 5.74) is 7.06. The van der Waals surface area contributed by atoms with Crippen molar-refractivity contribution in [2.75, 3.05) is 11.9 Å². The Kier molecular flexibility index (Phi) is 6.11. The fourth-order valence-electron chi connectivity index (χ4n) is 1.86. The molecular weight excluding hydrogens is 283 g/mol. The van der Waals surface area contributed by atoms with Crippen LogP contribution < -0.4 is 11.1 Å². The molecule has 1 rings (SSSR count). The lowest BCUT2D eigenvalue weighted by molar-refractivity contribution is -0.120. The molecule has 0 radical (unpaired) electrons. The lowest BCUT2D eigenvalue weighted by Gasteiger charge is -2.17. The lowest BCUT2D eigenvalue weighted by Crippen LogP contribution is -2.30. The minimum absolute atomic E-state index is 0.113. The predicted molar refractivity (Wildman–Crippen MR) is 81.8 cm³/mol. The van der Waals surface area contributed by atoms with Crippen LogP contribution in [-0.2, 0) is 4.79 Å².